The fraction of sp³-hybridized carbons (Fsp3) is 0.647. The van der Waals surface area contributed by atoms with Gasteiger partial charge in [-0.05, 0) is 45.1 Å². The van der Waals surface area contributed by atoms with Gasteiger partial charge in [0.25, 0.3) is 0 Å². The lowest BCUT2D eigenvalue weighted by molar-refractivity contribution is -0.0833. The number of aryl methyl sites for hydroxylation is 1. The third-order valence-electron chi connectivity index (χ3n) is 3.75. The molecule has 2 rings (SSSR count). The first-order valence-corrected chi connectivity index (χ1v) is 8.40. The van der Waals surface area contributed by atoms with Crippen LogP contribution in [0.4, 0.5) is 0 Å². The number of halogens is 1. The minimum absolute atomic E-state index is 0.161. The van der Waals surface area contributed by atoms with E-state index in [9.17, 15) is 5.11 Å². The molecule has 0 unspecified atom stereocenters. The van der Waals surface area contributed by atoms with Crippen LogP contribution in [0.1, 0.15) is 45.1 Å². The third kappa shape index (κ3) is 5.55. The highest BCUT2D eigenvalue weighted by Crippen LogP contribution is 2.31. The predicted octanol–water partition coefficient (Wildman–Crippen LogP) is 4.09. The number of hydrogen-bond acceptors (Lipinski definition) is 2. The molecule has 0 amide bonds. The Kier molecular flexibility index (Phi) is 5.65. The molecule has 0 bridgehead atoms. The van der Waals surface area contributed by atoms with Gasteiger partial charge in [0.1, 0.15) is 0 Å². The van der Waals surface area contributed by atoms with E-state index < -0.39 is 5.60 Å². The van der Waals surface area contributed by atoms with Crippen molar-refractivity contribution in [2.45, 2.75) is 68.6 Å². The van der Waals surface area contributed by atoms with Gasteiger partial charge in [-0.1, -0.05) is 46.3 Å². The maximum Gasteiger partial charge on any atom is 0.0616 e. The number of aliphatic hydroxyl groups is 1. The van der Waals surface area contributed by atoms with Gasteiger partial charge in [-0.2, -0.15) is 0 Å². The molecule has 0 aliphatic carbocycles. The summed E-state index contributed by atoms with van der Waals surface area (Å²) in [7, 11) is 0. The highest BCUT2D eigenvalue weighted by atomic mass is 79.9. The first-order chi connectivity index (χ1) is 9.42. The van der Waals surface area contributed by atoms with Gasteiger partial charge in [0.15, 0.2) is 0 Å². The Morgan fingerprint density at radius 1 is 1.20 bits per heavy atom. The maximum absolute atomic E-state index is 9.96. The number of ether oxygens (including phenoxy) is 1. The van der Waals surface area contributed by atoms with Crippen molar-refractivity contribution in [3.05, 3.63) is 35.9 Å². The molecule has 1 N–H and O–H groups in total. The molecular weight excluding hydrogens is 316 g/mol. The summed E-state index contributed by atoms with van der Waals surface area (Å²) >= 11 is 3.74. The number of rotatable bonds is 5. The summed E-state index contributed by atoms with van der Waals surface area (Å²) in [5.41, 5.74) is 0.713. The standard InChI is InChI=1S/C17H25BrO2/c1-17(2,19)12-16-11-14(18)10-15(20-16)9-8-13-6-4-3-5-7-13/h3-7,14-16,19H,8-12H2,1-2H3/t14-,15+,16+/m1/s1. The van der Waals surface area contributed by atoms with Crippen molar-refractivity contribution < 1.29 is 9.84 Å². The Morgan fingerprint density at radius 2 is 1.85 bits per heavy atom. The van der Waals surface area contributed by atoms with Gasteiger partial charge in [0.2, 0.25) is 0 Å². The van der Waals surface area contributed by atoms with Gasteiger partial charge in [-0.25, -0.2) is 0 Å². The Hall–Kier alpha value is -0.380. The van der Waals surface area contributed by atoms with Crippen LogP contribution in [0.3, 0.4) is 0 Å². The SMILES string of the molecule is CC(C)(O)C[C@@H]1C[C@H](Br)C[C@H](CCc2ccccc2)O1. The largest absolute Gasteiger partial charge is 0.390 e. The van der Waals surface area contributed by atoms with Crippen molar-refractivity contribution in [1.29, 1.82) is 0 Å². The summed E-state index contributed by atoms with van der Waals surface area (Å²) in [6, 6.07) is 10.6. The molecule has 3 heteroatoms. The first kappa shape index (κ1) is 16.0. The van der Waals surface area contributed by atoms with E-state index >= 15 is 0 Å². The van der Waals surface area contributed by atoms with E-state index in [0.29, 0.717) is 17.4 Å². The summed E-state index contributed by atoms with van der Waals surface area (Å²) in [6.07, 6.45) is 5.32. The second-order valence-electron chi connectivity index (χ2n) is 6.49. The van der Waals surface area contributed by atoms with E-state index in [1.54, 1.807) is 0 Å². The zero-order valence-corrected chi connectivity index (χ0v) is 14.0. The minimum Gasteiger partial charge on any atom is -0.390 e. The lowest BCUT2D eigenvalue weighted by atomic mass is 9.92. The first-order valence-electron chi connectivity index (χ1n) is 7.48. The lowest BCUT2D eigenvalue weighted by Crippen LogP contribution is -2.38. The monoisotopic (exact) mass is 340 g/mol. The van der Waals surface area contributed by atoms with Crippen molar-refractivity contribution in [1.82, 2.24) is 0 Å². The minimum atomic E-state index is -0.654. The third-order valence-corrected chi connectivity index (χ3v) is 4.49. The van der Waals surface area contributed by atoms with E-state index in [2.05, 4.69) is 46.3 Å². The Balaban J connectivity index is 1.85. The number of hydrogen-bond donors (Lipinski definition) is 1. The van der Waals surface area contributed by atoms with Gasteiger partial charge >= 0.3 is 0 Å². The van der Waals surface area contributed by atoms with E-state index in [1.165, 1.54) is 5.56 Å². The van der Waals surface area contributed by atoms with Crippen LogP contribution < -0.4 is 0 Å². The summed E-state index contributed by atoms with van der Waals surface area (Å²) in [5.74, 6) is 0. The van der Waals surface area contributed by atoms with Crippen LogP contribution in [0.5, 0.6) is 0 Å². The van der Waals surface area contributed by atoms with Crippen LogP contribution in [0, 0.1) is 0 Å². The zero-order valence-electron chi connectivity index (χ0n) is 12.4. The Morgan fingerprint density at radius 3 is 2.50 bits per heavy atom. The normalized spacial score (nSPS) is 27.5. The molecule has 1 aromatic rings. The Labute approximate surface area is 130 Å². The predicted molar refractivity (Wildman–Crippen MR) is 86.3 cm³/mol. The summed E-state index contributed by atoms with van der Waals surface area (Å²) < 4.78 is 6.16. The molecule has 1 saturated heterocycles. The molecule has 2 nitrogen and oxygen atoms in total. The second kappa shape index (κ2) is 7.06. The fourth-order valence-corrected chi connectivity index (χ4v) is 3.73. The molecule has 1 heterocycles. The quantitative estimate of drug-likeness (QED) is 0.818. The molecule has 0 spiro atoms. The molecule has 3 atom stereocenters. The highest BCUT2D eigenvalue weighted by Gasteiger charge is 2.31. The smallest absolute Gasteiger partial charge is 0.0616 e. The lowest BCUT2D eigenvalue weighted by Gasteiger charge is -2.36. The molecule has 112 valence electrons. The average molecular weight is 341 g/mol. The molecular formula is C17H25BrO2. The van der Waals surface area contributed by atoms with Crippen molar-refractivity contribution in [3.8, 4) is 0 Å². The average Bonchev–Trinajstić information content (AvgIpc) is 2.35. The van der Waals surface area contributed by atoms with Crippen LogP contribution in [-0.4, -0.2) is 27.7 Å². The number of benzene rings is 1. The van der Waals surface area contributed by atoms with Gasteiger partial charge < -0.3 is 9.84 Å². The Bertz CT molecular complexity index is 399. The topological polar surface area (TPSA) is 29.5 Å². The van der Waals surface area contributed by atoms with Crippen molar-refractivity contribution >= 4 is 15.9 Å². The van der Waals surface area contributed by atoms with Crippen molar-refractivity contribution in [2.24, 2.45) is 0 Å². The van der Waals surface area contributed by atoms with Crippen LogP contribution in [0.25, 0.3) is 0 Å². The zero-order chi connectivity index (χ0) is 14.6. The molecule has 1 aliphatic rings. The molecule has 1 fully saturated rings. The summed E-state index contributed by atoms with van der Waals surface area (Å²) in [5, 5.41) is 9.96. The summed E-state index contributed by atoms with van der Waals surface area (Å²) in [6.45, 7) is 3.71. The molecule has 20 heavy (non-hydrogen) atoms. The molecule has 0 radical (unpaired) electrons. The van der Waals surface area contributed by atoms with Crippen molar-refractivity contribution in [2.75, 3.05) is 0 Å². The molecule has 1 aromatic carbocycles. The fourth-order valence-electron chi connectivity index (χ4n) is 2.90. The molecule has 0 aromatic heterocycles. The number of alkyl halides is 1. The van der Waals surface area contributed by atoms with E-state index in [-0.39, 0.29) is 6.10 Å². The van der Waals surface area contributed by atoms with Crippen molar-refractivity contribution in [3.63, 3.8) is 0 Å². The van der Waals surface area contributed by atoms with Crippen LogP contribution >= 0.6 is 15.9 Å². The van der Waals surface area contributed by atoms with E-state index in [0.717, 1.165) is 25.7 Å². The molecule has 1 aliphatic heterocycles. The van der Waals surface area contributed by atoms with E-state index in [4.69, 9.17) is 4.74 Å². The highest BCUT2D eigenvalue weighted by molar-refractivity contribution is 9.09. The maximum atomic E-state index is 9.96. The summed E-state index contributed by atoms with van der Waals surface area (Å²) in [4.78, 5) is 0.504. The van der Waals surface area contributed by atoms with Gasteiger partial charge in [0, 0.05) is 11.2 Å². The van der Waals surface area contributed by atoms with Crippen LogP contribution in [0.15, 0.2) is 30.3 Å². The van der Waals surface area contributed by atoms with Crippen LogP contribution in [-0.2, 0) is 11.2 Å². The van der Waals surface area contributed by atoms with Crippen LogP contribution in [0.2, 0.25) is 0 Å². The van der Waals surface area contributed by atoms with Gasteiger partial charge in [-0.3, -0.25) is 0 Å². The van der Waals surface area contributed by atoms with Gasteiger partial charge in [-0.15, -0.1) is 0 Å². The second-order valence-corrected chi connectivity index (χ2v) is 7.78. The molecule has 0 saturated carbocycles. The van der Waals surface area contributed by atoms with Gasteiger partial charge in [0.05, 0.1) is 17.8 Å². The van der Waals surface area contributed by atoms with E-state index in [1.807, 2.05) is 13.8 Å².